The van der Waals surface area contributed by atoms with E-state index in [2.05, 4.69) is 9.80 Å². The number of carbonyl (C=O) groups excluding carboxylic acids is 1. The minimum atomic E-state index is -0.588. The van der Waals surface area contributed by atoms with Gasteiger partial charge in [0, 0.05) is 51.9 Å². The molecule has 3 fully saturated rings. The summed E-state index contributed by atoms with van der Waals surface area (Å²) in [5.41, 5.74) is -0.504. The molecule has 138 valence electrons. The maximum Gasteiger partial charge on any atom is 0.528 e. The zero-order valence-electron chi connectivity index (χ0n) is 15.5. The molecule has 24 heavy (non-hydrogen) atoms. The van der Waals surface area contributed by atoms with Crippen molar-refractivity contribution in [1.29, 1.82) is 0 Å². The fourth-order valence-electron chi connectivity index (χ4n) is 3.65. The van der Waals surface area contributed by atoms with Crippen LogP contribution in [-0.2, 0) is 9.57 Å². The van der Waals surface area contributed by atoms with Crippen LogP contribution < -0.4 is 0 Å². The second kappa shape index (κ2) is 7.58. The highest BCUT2D eigenvalue weighted by Crippen LogP contribution is 2.30. The first-order valence-electron chi connectivity index (χ1n) is 9.51. The number of hydroxylamine groups is 2. The predicted molar refractivity (Wildman–Crippen MR) is 92.7 cm³/mol. The fourth-order valence-corrected chi connectivity index (χ4v) is 3.65. The van der Waals surface area contributed by atoms with Crippen molar-refractivity contribution in [1.82, 2.24) is 14.9 Å². The molecule has 1 aliphatic carbocycles. The van der Waals surface area contributed by atoms with Crippen LogP contribution in [0.4, 0.5) is 4.79 Å². The third kappa shape index (κ3) is 5.60. The highest BCUT2D eigenvalue weighted by molar-refractivity contribution is 5.60. The zero-order chi connectivity index (χ0) is 17.2. The van der Waals surface area contributed by atoms with Crippen LogP contribution in [0.2, 0.25) is 0 Å². The molecular weight excluding hydrogens is 306 g/mol. The average Bonchev–Trinajstić information content (AvgIpc) is 3.31. The van der Waals surface area contributed by atoms with Gasteiger partial charge in [0.15, 0.2) is 0 Å². The Morgan fingerprint density at radius 3 is 2.12 bits per heavy atom. The van der Waals surface area contributed by atoms with E-state index in [4.69, 9.17) is 9.57 Å². The van der Waals surface area contributed by atoms with Gasteiger partial charge in [0.2, 0.25) is 0 Å². The van der Waals surface area contributed by atoms with Gasteiger partial charge in [-0.15, -0.1) is 5.06 Å². The molecule has 3 rings (SSSR count). The summed E-state index contributed by atoms with van der Waals surface area (Å²) in [4.78, 5) is 22.3. The van der Waals surface area contributed by atoms with Crippen LogP contribution >= 0.6 is 0 Å². The largest absolute Gasteiger partial charge is 0.528 e. The number of nitrogens with zero attached hydrogens (tertiary/aromatic N) is 3. The molecule has 0 radical (unpaired) electrons. The van der Waals surface area contributed by atoms with E-state index in [9.17, 15) is 4.79 Å². The second-order valence-electron chi connectivity index (χ2n) is 8.50. The Bertz CT molecular complexity index is 418. The predicted octanol–water partition coefficient (Wildman–Crippen LogP) is 2.35. The smallest absolute Gasteiger partial charge is 0.427 e. The molecule has 0 spiro atoms. The molecule has 1 saturated carbocycles. The van der Waals surface area contributed by atoms with E-state index in [1.807, 2.05) is 20.8 Å². The number of piperazine rings is 1. The molecule has 6 heteroatoms. The van der Waals surface area contributed by atoms with Gasteiger partial charge < -0.3 is 14.5 Å². The van der Waals surface area contributed by atoms with Gasteiger partial charge in [-0.2, -0.15) is 0 Å². The van der Waals surface area contributed by atoms with Gasteiger partial charge in [-0.3, -0.25) is 4.90 Å². The maximum absolute atomic E-state index is 11.7. The highest BCUT2D eigenvalue weighted by atomic mass is 16.8. The van der Waals surface area contributed by atoms with E-state index in [1.54, 1.807) is 5.06 Å². The molecule has 0 atom stereocenters. The number of ether oxygens (including phenoxy) is 1. The second-order valence-corrected chi connectivity index (χ2v) is 8.50. The van der Waals surface area contributed by atoms with E-state index in [0.717, 1.165) is 31.8 Å². The van der Waals surface area contributed by atoms with Crippen molar-refractivity contribution in [2.24, 2.45) is 5.92 Å². The molecule has 0 aromatic rings. The van der Waals surface area contributed by atoms with Crippen molar-refractivity contribution < 1.29 is 14.4 Å². The molecule has 2 saturated heterocycles. The van der Waals surface area contributed by atoms with Crippen LogP contribution in [0.15, 0.2) is 0 Å². The molecule has 0 bridgehead atoms. The summed E-state index contributed by atoms with van der Waals surface area (Å²) in [5, 5.41) is 1.76. The Hall–Kier alpha value is -0.850. The zero-order valence-corrected chi connectivity index (χ0v) is 15.5. The highest BCUT2D eigenvalue weighted by Gasteiger charge is 2.31. The van der Waals surface area contributed by atoms with E-state index in [1.165, 1.54) is 45.6 Å². The molecule has 0 amide bonds. The van der Waals surface area contributed by atoms with Gasteiger partial charge in [-0.05, 0) is 52.4 Å². The van der Waals surface area contributed by atoms with Crippen LogP contribution in [-0.4, -0.2) is 78.5 Å². The molecule has 2 aliphatic heterocycles. The molecule has 0 N–H and O–H groups in total. The Balaban J connectivity index is 1.34. The van der Waals surface area contributed by atoms with E-state index >= 15 is 0 Å². The first-order valence-corrected chi connectivity index (χ1v) is 9.51. The third-order valence-corrected chi connectivity index (χ3v) is 5.15. The van der Waals surface area contributed by atoms with Gasteiger partial charge in [-0.25, -0.2) is 4.79 Å². The number of hydrogen-bond acceptors (Lipinski definition) is 6. The molecule has 6 nitrogen and oxygen atoms in total. The number of hydrogen-bond donors (Lipinski definition) is 0. The van der Waals surface area contributed by atoms with Crippen LogP contribution in [0.1, 0.15) is 46.5 Å². The van der Waals surface area contributed by atoms with E-state index in [0.29, 0.717) is 6.04 Å². The molecule has 2 heterocycles. The van der Waals surface area contributed by atoms with Crippen molar-refractivity contribution in [3.05, 3.63) is 0 Å². The Labute approximate surface area is 146 Å². The number of piperidine rings is 1. The van der Waals surface area contributed by atoms with Crippen molar-refractivity contribution in [2.75, 3.05) is 45.8 Å². The minimum absolute atomic E-state index is 0.504. The molecule has 0 aromatic carbocycles. The fraction of sp³-hybridized carbons (Fsp3) is 0.944. The van der Waals surface area contributed by atoms with E-state index in [-0.39, 0.29) is 0 Å². The number of rotatable bonds is 4. The monoisotopic (exact) mass is 339 g/mol. The molecule has 0 unspecified atom stereocenters. The summed E-state index contributed by atoms with van der Waals surface area (Å²) >= 11 is 0. The minimum Gasteiger partial charge on any atom is -0.427 e. The molecule has 3 aliphatic rings. The van der Waals surface area contributed by atoms with Crippen molar-refractivity contribution in [3.63, 3.8) is 0 Å². The average molecular weight is 339 g/mol. The van der Waals surface area contributed by atoms with Crippen LogP contribution in [0.5, 0.6) is 0 Å². The third-order valence-electron chi connectivity index (χ3n) is 5.15. The lowest BCUT2D eigenvalue weighted by molar-refractivity contribution is -0.157. The lowest BCUT2D eigenvalue weighted by Gasteiger charge is -2.42. The molecule has 0 aromatic heterocycles. The van der Waals surface area contributed by atoms with Gasteiger partial charge >= 0.3 is 6.16 Å². The lowest BCUT2D eigenvalue weighted by atomic mass is 10.0. The van der Waals surface area contributed by atoms with E-state index < -0.39 is 11.8 Å². The van der Waals surface area contributed by atoms with Crippen LogP contribution in [0, 0.1) is 5.92 Å². The summed E-state index contributed by atoms with van der Waals surface area (Å²) < 4.78 is 5.21. The normalized spacial score (nSPS) is 25.6. The van der Waals surface area contributed by atoms with Crippen LogP contribution in [0.3, 0.4) is 0 Å². The summed E-state index contributed by atoms with van der Waals surface area (Å²) in [5.74, 6) is 0.991. The van der Waals surface area contributed by atoms with Gasteiger partial charge in [-0.1, -0.05) is 0 Å². The van der Waals surface area contributed by atoms with Crippen molar-refractivity contribution in [3.8, 4) is 0 Å². The topological polar surface area (TPSA) is 45.3 Å². The Morgan fingerprint density at radius 2 is 1.58 bits per heavy atom. The van der Waals surface area contributed by atoms with Crippen LogP contribution in [0.25, 0.3) is 0 Å². The van der Waals surface area contributed by atoms with Gasteiger partial charge in [0.1, 0.15) is 5.60 Å². The SMILES string of the molecule is CC(C)(C)OC(=O)ON1CCC(N2CCN(CC3CC3)CC2)CC1. The standard InChI is InChI=1S/C18H33N3O3/c1-18(2,3)23-17(22)24-21-8-6-16(7-9-21)20-12-10-19(11-13-20)14-15-4-5-15/h15-16H,4-14H2,1-3H3. The summed E-state index contributed by atoms with van der Waals surface area (Å²) in [6.45, 7) is 13.3. The quantitative estimate of drug-likeness (QED) is 0.733. The summed E-state index contributed by atoms with van der Waals surface area (Å²) in [6.07, 6.45) is 4.42. The Morgan fingerprint density at radius 1 is 0.958 bits per heavy atom. The molecular formula is C18H33N3O3. The van der Waals surface area contributed by atoms with Gasteiger partial charge in [0.05, 0.1) is 0 Å². The summed E-state index contributed by atoms with van der Waals surface area (Å²) in [6, 6.07) is 0.631. The van der Waals surface area contributed by atoms with Crippen molar-refractivity contribution >= 4 is 6.16 Å². The van der Waals surface area contributed by atoms with Crippen molar-refractivity contribution in [2.45, 2.75) is 58.1 Å². The Kier molecular flexibility index (Phi) is 5.67. The van der Waals surface area contributed by atoms with Gasteiger partial charge in [0.25, 0.3) is 0 Å². The summed E-state index contributed by atoms with van der Waals surface area (Å²) in [7, 11) is 0. The first kappa shape index (κ1) is 18.0. The maximum atomic E-state index is 11.7. The first-order chi connectivity index (χ1) is 11.4. The lowest BCUT2D eigenvalue weighted by Crippen LogP contribution is -2.53. The number of carbonyl (C=O) groups is 1.